The van der Waals surface area contributed by atoms with E-state index in [1.165, 1.54) is 10.4 Å². The van der Waals surface area contributed by atoms with Crippen molar-refractivity contribution in [1.82, 2.24) is 4.31 Å². The van der Waals surface area contributed by atoms with Crippen LogP contribution in [0.25, 0.3) is 0 Å². The highest BCUT2D eigenvalue weighted by atomic mass is 79.9. The van der Waals surface area contributed by atoms with Crippen LogP contribution in [0, 0.1) is 0 Å². The number of hydrogen-bond donors (Lipinski definition) is 1. The standard InChI is InChI=1S/C11H14BrNO5S2/c1-2-7-6-18-4-3-13(7)20(16,17)9-5-8(11(14)15)19-10(9)12/h5,7H,2-4,6H2,1H3,(H,14,15). The second kappa shape index (κ2) is 6.10. The molecule has 0 aliphatic carbocycles. The zero-order valence-electron chi connectivity index (χ0n) is 10.7. The predicted octanol–water partition coefficient (Wildman–Crippen LogP) is 2.01. The fourth-order valence-electron chi connectivity index (χ4n) is 2.04. The van der Waals surface area contributed by atoms with Gasteiger partial charge in [0.25, 0.3) is 0 Å². The van der Waals surface area contributed by atoms with Crippen LogP contribution < -0.4 is 0 Å². The Morgan fingerprint density at radius 1 is 1.65 bits per heavy atom. The van der Waals surface area contributed by atoms with Crippen LogP contribution >= 0.6 is 27.3 Å². The van der Waals surface area contributed by atoms with Gasteiger partial charge in [-0.25, -0.2) is 13.2 Å². The van der Waals surface area contributed by atoms with Crippen molar-refractivity contribution >= 4 is 43.3 Å². The van der Waals surface area contributed by atoms with Crippen LogP contribution in [0.5, 0.6) is 0 Å². The van der Waals surface area contributed by atoms with Crippen LogP contribution in [-0.2, 0) is 14.8 Å². The van der Waals surface area contributed by atoms with Crippen molar-refractivity contribution in [3.8, 4) is 0 Å². The Balaban J connectivity index is 2.41. The van der Waals surface area contributed by atoms with Gasteiger partial charge in [-0.2, -0.15) is 4.31 Å². The Bertz CT molecular complexity index is 612. The molecule has 112 valence electrons. The summed E-state index contributed by atoms with van der Waals surface area (Å²) in [6.07, 6.45) is 0.646. The van der Waals surface area contributed by atoms with E-state index in [0.717, 1.165) is 11.3 Å². The lowest BCUT2D eigenvalue weighted by Crippen LogP contribution is -2.48. The molecule has 9 heteroatoms. The molecule has 1 unspecified atom stereocenters. The summed E-state index contributed by atoms with van der Waals surface area (Å²) in [5.74, 6) is -1.13. The molecule has 1 aliphatic heterocycles. The minimum atomic E-state index is -3.71. The predicted molar refractivity (Wildman–Crippen MR) is 77.8 cm³/mol. The highest BCUT2D eigenvalue weighted by molar-refractivity contribution is 9.11. The molecule has 0 amide bonds. The number of carboxylic acids is 1. The summed E-state index contributed by atoms with van der Waals surface area (Å²) in [6.45, 7) is 2.89. The first-order valence-corrected chi connectivity index (χ1v) is 9.05. The summed E-state index contributed by atoms with van der Waals surface area (Å²) in [7, 11) is -3.71. The molecule has 1 atom stereocenters. The van der Waals surface area contributed by atoms with Gasteiger partial charge in [-0.15, -0.1) is 11.3 Å². The summed E-state index contributed by atoms with van der Waals surface area (Å²) in [5, 5.41) is 8.96. The summed E-state index contributed by atoms with van der Waals surface area (Å²) >= 11 is 4.05. The van der Waals surface area contributed by atoms with E-state index in [-0.39, 0.29) is 22.4 Å². The van der Waals surface area contributed by atoms with Crippen LogP contribution in [0.4, 0.5) is 0 Å². The molecule has 1 fully saturated rings. The fourth-order valence-corrected chi connectivity index (χ4v) is 6.06. The Hall–Kier alpha value is -0.480. The summed E-state index contributed by atoms with van der Waals surface area (Å²) < 4.78 is 32.3. The number of carboxylic acid groups (broad SMARTS) is 1. The maximum absolute atomic E-state index is 12.7. The molecule has 1 saturated heterocycles. The van der Waals surface area contributed by atoms with Crippen LogP contribution in [-0.4, -0.2) is 49.6 Å². The van der Waals surface area contributed by atoms with Crippen molar-refractivity contribution in [2.24, 2.45) is 0 Å². The van der Waals surface area contributed by atoms with Crippen molar-refractivity contribution in [3.05, 3.63) is 14.7 Å². The van der Waals surface area contributed by atoms with E-state index < -0.39 is 16.0 Å². The van der Waals surface area contributed by atoms with Crippen molar-refractivity contribution in [2.75, 3.05) is 19.8 Å². The summed E-state index contributed by atoms with van der Waals surface area (Å²) in [5.41, 5.74) is 0. The second-order valence-electron chi connectivity index (χ2n) is 4.31. The smallest absolute Gasteiger partial charge is 0.345 e. The number of halogens is 1. The molecule has 0 radical (unpaired) electrons. The lowest BCUT2D eigenvalue weighted by Gasteiger charge is -2.33. The number of aromatic carboxylic acids is 1. The first-order chi connectivity index (χ1) is 9.37. The molecule has 1 aliphatic rings. The Labute approximate surface area is 129 Å². The van der Waals surface area contributed by atoms with Crippen LogP contribution in [0.1, 0.15) is 23.0 Å². The van der Waals surface area contributed by atoms with Gasteiger partial charge in [0.1, 0.15) is 9.77 Å². The molecule has 0 saturated carbocycles. The molecule has 0 bridgehead atoms. The van der Waals surface area contributed by atoms with Gasteiger partial charge in [0.2, 0.25) is 10.0 Å². The highest BCUT2D eigenvalue weighted by Crippen LogP contribution is 2.34. The fraction of sp³-hybridized carbons (Fsp3) is 0.545. The van der Waals surface area contributed by atoms with Crippen molar-refractivity contribution in [2.45, 2.75) is 24.3 Å². The number of morpholine rings is 1. The molecule has 0 spiro atoms. The first-order valence-electron chi connectivity index (χ1n) is 6.00. The van der Waals surface area contributed by atoms with Gasteiger partial charge >= 0.3 is 5.97 Å². The van der Waals surface area contributed by atoms with Crippen LogP contribution in [0.15, 0.2) is 14.7 Å². The van der Waals surface area contributed by atoms with Gasteiger partial charge in [-0.1, -0.05) is 6.92 Å². The van der Waals surface area contributed by atoms with E-state index in [0.29, 0.717) is 23.4 Å². The van der Waals surface area contributed by atoms with Crippen LogP contribution in [0.3, 0.4) is 0 Å². The lowest BCUT2D eigenvalue weighted by molar-refractivity contribution is 0.0314. The molecule has 20 heavy (non-hydrogen) atoms. The zero-order valence-corrected chi connectivity index (χ0v) is 13.9. The number of thiophene rings is 1. The quantitative estimate of drug-likeness (QED) is 0.859. The summed E-state index contributed by atoms with van der Waals surface area (Å²) in [4.78, 5) is 11.0. The Kier molecular flexibility index (Phi) is 4.85. The molecule has 1 aromatic rings. The maximum Gasteiger partial charge on any atom is 0.345 e. The second-order valence-corrected chi connectivity index (χ2v) is 8.54. The third-order valence-electron chi connectivity index (χ3n) is 3.10. The minimum Gasteiger partial charge on any atom is -0.477 e. The number of carbonyl (C=O) groups is 1. The van der Waals surface area contributed by atoms with Crippen molar-refractivity contribution < 1.29 is 23.1 Å². The molecular weight excluding hydrogens is 370 g/mol. The number of nitrogens with zero attached hydrogens (tertiary/aromatic N) is 1. The average Bonchev–Trinajstić information content (AvgIpc) is 2.81. The van der Waals surface area contributed by atoms with Gasteiger partial charge in [-0.05, 0) is 28.4 Å². The van der Waals surface area contributed by atoms with Gasteiger partial charge in [0.15, 0.2) is 0 Å². The molecule has 6 nitrogen and oxygen atoms in total. The number of ether oxygens (including phenoxy) is 1. The molecule has 0 aromatic carbocycles. The van der Waals surface area contributed by atoms with Gasteiger partial charge in [0, 0.05) is 12.6 Å². The van der Waals surface area contributed by atoms with E-state index >= 15 is 0 Å². The number of rotatable bonds is 4. The van der Waals surface area contributed by atoms with E-state index in [9.17, 15) is 13.2 Å². The molecular formula is C11H14BrNO5S2. The zero-order chi connectivity index (χ0) is 14.9. The van der Waals surface area contributed by atoms with E-state index in [1.807, 2.05) is 6.92 Å². The monoisotopic (exact) mass is 383 g/mol. The summed E-state index contributed by atoms with van der Waals surface area (Å²) in [6, 6.07) is 0.989. The van der Waals surface area contributed by atoms with E-state index in [1.54, 1.807) is 0 Å². The molecule has 2 rings (SSSR count). The molecule has 1 N–H and O–H groups in total. The van der Waals surface area contributed by atoms with Gasteiger partial charge < -0.3 is 9.84 Å². The van der Waals surface area contributed by atoms with E-state index in [4.69, 9.17) is 9.84 Å². The lowest BCUT2D eigenvalue weighted by atomic mass is 10.2. The minimum absolute atomic E-state index is 0.00300. The maximum atomic E-state index is 12.7. The van der Waals surface area contributed by atoms with Gasteiger partial charge in [0.05, 0.1) is 17.0 Å². The first kappa shape index (κ1) is 15.9. The van der Waals surface area contributed by atoms with Gasteiger partial charge in [-0.3, -0.25) is 0 Å². The normalized spacial score (nSPS) is 21.0. The Morgan fingerprint density at radius 2 is 2.35 bits per heavy atom. The third kappa shape index (κ3) is 2.91. The Morgan fingerprint density at radius 3 is 2.90 bits per heavy atom. The highest BCUT2D eigenvalue weighted by Gasteiger charge is 2.35. The van der Waals surface area contributed by atoms with Crippen molar-refractivity contribution in [3.63, 3.8) is 0 Å². The SMILES string of the molecule is CCC1COCCN1S(=O)(=O)c1cc(C(=O)O)sc1Br. The number of sulfonamides is 1. The molecule has 2 heterocycles. The third-order valence-corrected chi connectivity index (χ3v) is 7.29. The number of hydrogen-bond acceptors (Lipinski definition) is 5. The van der Waals surface area contributed by atoms with E-state index in [2.05, 4.69) is 15.9 Å². The topological polar surface area (TPSA) is 83.9 Å². The average molecular weight is 384 g/mol. The van der Waals surface area contributed by atoms with Crippen molar-refractivity contribution in [1.29, 1.82) is 0 Å². The van der Waals surface area contributed by atoms with Crippen LogP contribution in [0.2, 0.25) is 0 Å². The largest absolute Gasteiger partial charge is 0.477 e. The molecule has 1 aromatic heterocycles.